The minimum absolute atomic E-state index is 0.0968. The minimum Gasteiger partial charge on any atom is -0.378 e. The van der Waals surface area contributed by atoms with Gasteiger partial charge in [0.2, 0.25) is 5.91 Å². The molecule has 5 nitrogen and oxygen atoms in total. The van der Waals surface area contributed by atoms with E-state index >= 15 is 0 Å². The lowest BCUT2D eigenvalue weighted by atomic mass is 9.82. The molecule has 1 saturated heterocycles. The molecular formula is C23H29N3O2. The quantitative estimate of drug-likeness (QED) is 0.873. The zero-order chi connectivity index (χ0) is 19.7. The molecule has 0 aromatic heterocycles. The Morgan fingerprint density at radius 3 is 2.57 bits per heavy atom. The van der Waals surface area contributed by atoms with Crippen molar-refractivity contribution in [3.05, 3.63) is 54.1 Å². The lowest BCUT2D eigenvalue weighted by molar-refractivity contribution is -0.117. The Labute approximate surface area is 167 Å². The third-order valence-corrected chi connectivity index (χ3v) is 6.11. The van der Waals surface area contributed by atoms with Crippen molar-refractivity contribution in [2.45, 2.75) is 32.9 Å². The molecule has 2 unspecified atom stereocenters. The fourth-order valence-corrected chi connectivity index (χ4v) is 4.45. The van der Waals surface area contributed by atoms with Crippen LogP contribution < -0.4 is 15.1 Å². The molecule has 4 rings (SSSR count). The number of fused-ring (bicyclic) bond motifs is 1. The van der Waals surface area contributed by atoms with Gasteiger partial charge in [0.25, 0.3) is 0 Å². The van der Waals surface area contributed by atoms with E-state index in [1.165, 1.54) is 11.3 Å². The molecule has 0 radical (unpaired) electrons. The molecule has 2 heterocycles. The van der Waals surface area contributed by atoms with Crippen molar-refractivity contribution in [2.75, 3.05) is 41.4 Å². The largest absolute Gasteiger partial charge is 0.378 e. The number of morpholine rings is 1. The zero-order valence-corrected chi connectivity index (χ0v) is 16.9. The number of nitrogens with zero attached hydrogens (tertiary/aromatic N) is 2. The van der Waals surface area contributed by atoms with Crippen molar-refractivity contribution < 1.29 is 9.53 Å². The number of para-hydroxylation sites is 1. The molecule has 148 valence electrons. The Hall–Kier alpha value is -2.53. The van der Waals surface area contributed by atoms with Gasteiger partial charge in [-0.1, -0.05) is 31.2 Å². The first kappa shape index (κ1) is 18.8. The van der Waals surface area contributed by atoms with Gasteiger partial charge in [-0.25, -0.2) is 0 Å². The Kier molecular flexibility index (Phi) is 5.27. The standard InChI is InChI=1S/C23H29N3O2/c1-16-17(2)26(18(3)27)22-10-5-4-9-21(22)23(16)24-19-7-6-8-20(15-19)25-11-13-28-14-12-25/h4-10,15-17,23-24H,11-14H2,1-3H3/t16?,17-,23?/m0/s1. The van der Waals surface area contributed by atoms with E-state index in [1.54, 1.807) is 6.92 Å². The van der Waals surface area contributed by atoms with Gasteiger partial charge in [-0.15, -0.1) is 0 Å². The van der Waals surface area contributed by atoms with Crippen LogP contribution in [0.3, 0.4) is 0 Å². The van der Waals surface area contributed by atoms with E-state index in [-0.39, 0.29) is 23.9 Å². The molecule has 2 aliphatic rings. The molecule has 3 atom stereocenters. The predicted molar refractivity (Wildman–Crippen MR) is 114 cm³/mol. The second-order valence-electron chi connectivity index (χ2n) is 7.82. The molecular weight excluding hydrogens is 350 g/mol. The summed E-state index contributed by atoms with van der Waals surface area (Å²) in [5.74, 6) is 0.380. The fraction of sp³-hybridized carbons (Fsp3) is 0.435. The summed E-state index contributed by atoms with van der Waals surface area (Å²) in [4.78, 5) is 16.6. The van der Waals surface area contributed by atoms with Crippen LogP contribution in [0.1, 0.15) is 32.4 Å². The van der Waals surface area contributed by atoms with E-state index < -0.39 is 0 Å². The summed E-state index contributed by atoms with van der Waals surface area (Å²) < 4.78 is 5.48. The summed E-state index contributed by atoms with van der Waals surface area (Å²) in [5, 5.41) is 3.76. The predicted octanol–water partition coefficient (Wildman–Crippen LogP) is 4.07. The average molecular weight is 380 g/mol. The van der Waals surface area contributed by atoms with Crippen molar-refractivity contribution in [3.63, 3.8) is 0 Å². The van der Waals surface area contributed by atoms with Gasteiger partial charge in [-0.3, -0.25) is 4.79 Å². The van der Waals surface area contributed by atoms with E-state index in [4.69, 9.17) is 4.74 Å². The molecule has 0 spiro atoms. The minimum atomic E-state index is 0.0968. The summed E-state index contributed by atoms with van der Waals surface area (Å²) in [6.45, 7) is 9.43. The van der Waals surface area contributed by atoms with Gasteiger partial charge in [-0.05, 0) is 36.8 Å². The van der Waals surface area contributed by atoms with Crippen LogP contribution in [-0.4, -0.2) is 38.3 Å². The van der Waals surface area contributed by atoms with Crippen LogP contribution in [-0.2, 0) is 9.53 Å². The maximum absolute atomic E-state index is 12.3. The van der Waals surface area contributed by atoms with Crippen LogP contribution in [0.5, 0.6) is 0 Å². The van der Waals surface area contributed by atoms with Gasteiger partial charge in [0.1, 0.15) is 0 Å². The maximum Gasteiger partial charge on any atom is 0.224 e. The normalized spacial score (nSPS) is 24.6. The van der Waals surface area contributed by atoms with E-state index in [9.17, 15) is 4.79 Å². The topological polar surface area (TPSA) is 44.8 Å². The summed E-state index contributed by atoms with van der Waals surface area (Å²) in [6.07, 6.45) is 0. The van der Waals surface area contributed by atoms with Crippen molar-refractivity contribution in [1.29, 1.82) is 0 Å². The smallest absolute Gasteiger partial charge is 0.224 e. The fourth-order valence-electron chi connectivity index (χ4n) is 4.45. The van der Waals surface area contributed by atoms with Gasteiger partial charge in [0.15, 0.2) is 0 Å². The van der Waals surface area contributed by atoms with Crippen molar-refractivity contribution >= 4 is 23.0 Å². The summed E-state index contributed by atoms with van der Waals surface area (Å²) >= 11 is 0. The van der Waals surface area contributed by atoms with E-state index in [0.717, 1.165) is 37.7 Å². The zero-order valence-electron chi connectivity index (χ0n) is 16.9. The third-order valence-electron chi connectivity index (χ3n) is 6.11. The number of rotatable bonds is 3. The molecule has 2 aromatic rings. The summed E-state index contributed by atoms with van der Waals surface area (Å²) in [5.41, 5.74) is 4.53. The molecule has 0 bridgehead atoms. The Morgan fingerprint density at radius 1 is 1.07 bits per heavy atom. The molecule has 0 aliphatic carbocycles. The highest BCUT2D eigenvalue weighted by Crippen LogP contribution is 2.42. The summed E-state index contributed by atoms with van der Waals surface area (Å²) in [6, 6.07) is 17.2. The summed E-state index contributed by atoms with van der Waals surface area (Å²) in [7, 11) is 0. The molecule has 1 fully saturated rings. The lowest BCUT2D eigenvalue weighted by Crippen LogP contribution is -2.48. The second-order valence-corrected chi connectivity index (χ2v) is 7.82. The van der Waals surface area contributed by atoms with E-state index in [0.29, 0.717) is 0 Å². The van der Waals surface area contributed by atoms with Gasteiger partial charge < -0.3 is 19.9 Å². The van der Waals surface area contributed by atoms with Gasteiger partial charge in [-0.2, -0.15) is 0 Å². The molecule has 1 amide bonds. The van der Waals surface area contributed by atoms with Crippen molar-refractivity contribution in [3.8, 4) is 0 Å². The van der Waals surface area contributed by atoms with Gasteiger partial charge >= 0.3 is 0 Å². The number of benzene rings is 2. The molecule has 2 aromatic carbocycles. The Balaban J connectivity index is 1.64. The highest BCUT2D eigenvalue weighted by molar-refractivity contribution is 5.94. The molecule has 28 heavy (non-hydrogen) atoms. The van der Waals surface area contributed by atoms with E-state index in [2.05, 4.69) is 66.5 Å². The Bertz CT molecular complexity index is 847. The van der Waals surface area contributed by atoms with Crippen LogP contribution in [0.25, 0.3) is 0 Å². The van der Waals surface area contributed by atoms with Gasteiger partial charge in [0, 0.05) is 49.0 Å². The number of carbonyl (C=O) groups excluding carboxylic acids is 1. The molecule has 1 N–H and O–H groups in total. The van der Waals surface area contributed by atoms with Crippen molar-refractivity contribution in [2.24, 2.45) is 5.92 Å². The van der Waals surface area contributed by atoms with Crippen molar-refractivity contribution in [1.82, 2.24) is 0 Å². The SMILES string of the molecule is CC(=O)N1c2ccccc2C(Nc2cccc(N3CCOCC3)c2)C(C)[C@@H]1C. The van der Waals surface area contributed by atoms with Crippen LogP contribution in [0, 0.1) is 5.92 Å². The first-order valence-electron chi connectivity index (χ1n) is 10.1. The first-order chi connectivity index (χ1) is 13.6. The van der Waals surface area contributed by atoms with Crippen LogP contribution in [0.4, 0.5) is 17.1 Å². The van der Waals surface area contributed by atoms with Crippen LogP contribution >= 0.6 is 0 Å². The highest BCUT2D eigenvalue weighted by atomic mass is 16.5. The molecule has 0 saturated carbocycles. The first-order valence-corrected chi connectivity index (χ1v) is 10.1. The van der Waals surface area contributed by atoms with Crippen LogP contribution in [0.2, 0.25) is 0 Å². The number of ether oxygens (including phenoxy) is 1. The highest BCUT2D eigenvalue weighted by Gasteiger charge is 2.37. The maximum atomic E-state index is 12.3. The van der Waals surface area contributed by atoms with E-state index in [1.807, 2.05) is 11.0 Å². The number of carbonyl (C=O) groups is 1. The number of nitrogens with one attached hydrogen (secondary N) is 1. The number of hydrogen-bond donors (Lipinski definition) is 1. The Morgan fingerprint density at radius 2 is 1.82 bits per heavy atom. The number of anilines is 3. The second kappa shape index (κ2) is 7.84. The van der Waals surface area contributed by atoms with Gasteiger partial charge in [0.05, 0.1) is 19.3 Å². The van der Waals surface area contributed by atoms with Crippen LogP contribution in [0.15, 0.2) is 48.5 Å². The lowest BCUT2D eigenvalue weighted by Gasteiger charge is -2.44. The number of amides is 1. The average Bonchev–Trinajstić information content (AvgIpc) is 2.72. The molecule has 5 heteroatoms. The third kappa shape index (κ3) is 3.47. The molecule has 2 aliphatic heterocycles. The number of hydrogen-bond acceptors (Lipinski definition) is 4. The monoisotopic (exact) mass is 379 g/mol.